The molecule has 0 aliphatic rings. The van der Waals surface area contributed by atoms with Gasteiger partial charge in [-0.1, -0.05) is 41.9 Å². The van der Waals surface area contributed by atoms with Crippen molar-refractivity contribution in [2.75, 3.05) is 5.73 Å². The van der Waals surface area contributed by atoms with E-state index in [0.717, 1.165) is 5.56 Å². The van der Waals surface area contributed by atoms with Gasteiger partial charge in [0.15, 0.2) is 0 Å². The summed E-state index contributed by atoms with van der Waals surface area (Å²) in [5, 5.41) is 0.551. The number of nitrogens with two attached hydrogens (primary N) is 1. The summed E-state index contributed by atoms with van der Waals surface area (Å²) in [5.74, 6) is 0.450. The first-order chi connectivity index (χ1) is 8.16. The van der Waals surface area contributed by atoms with Crippen molar-refractivity contribution in [3.05, 3.63) is 59.1 Å². The number of halogens is 1. The number of anilines is 1. The monoisotopic (exact) mass is 265 g/mol. The van der Waals surface area contributed by atoms with Crippen LogP contribution in [0.4, 0.5) is 5.69 Å². The van der Waals surface area contributed by atoms with E-state index in [1.54, 1.807) is 18.2 Å². The lowest BCUT2D eigenvalue weighted by Gasteiger charge is -2.06. The van der Waals surface area contributed by atoms with Crippen LogP contribution in [-0.4, -0.2) is 4.21 Å². The molecule has 0 spiro atoms. The fourth-order valence-corrected chi connectivity index (χ4v) is 2.99. The van der Waals surface area contributed by atoms with Crippen LogP contribution in [0.3, 0.4) is 0 Å². The predicted octanol–water partition coefficient (Wildman–Crippen LogP) is 3.23. The number of nitrogen functional groups attached to an aromatic ring is 1. The highest BCUT2D eigenvalue weighted by Crippen LogP contribution is 2.23. The first-order valence-corrected chi connectivity index (χ1v) is 6.84. The standard InChI is InChI=1S/C13H12ClNOS/c14-11-6-7-12(15)13(8-11)17(16)9-10-4-2-1-3-5-10/h1-8H,9,15H2. The van der Waals surface area contributed by atoms with E-state index in [2.05, 4.69) is 0 Å². The van der Waals surface area contributed by atoms with Crippen molar-refractivity contribution in [1.29, 1.82) is 0 Å². The third kappa shape index (κ3) is 3.08. The maximum Gasteiger partial charge on any atom is 0.0635 e. The Kier molecular flexibility index (Phi) is 3.82. The first-order valence-electron chi connectivity index (χ1n) is 5.14. The van der Waals surface area contributed by atoms with Crippen LogP contribution in [0.25, 0.3) is 0 Å². The van der Waals surface area contributed by atoms with Crippen LogP contribution in [0.15, 0.2) is 53.4 Å². The van der Waals surface area contributed by atoms with Gasteiger partial charge >= 0.3 is 0 Å². The summed E-state index contributed by atoms with van der Waals surface area (Å²) in [4.78, 5) is 0.598. The normalized spacial score (nSPS) is 12.3. The molecule has 1 unspecified atom stereocenters. The number of rotatable bonds is 3. The van der Waals surface area contributed by atoms with E-state index in [1.807, 2.05) is 30.3 Å². The van der Waals surface area contributed by atoms with Gasteiger partial charge in [-0.2, -0.15) is 0 Å². The topological polar surface area (TPSA) is 43.1 Å². The Hall–Kier alpha value is -1.32. The zero-order valence-electron chi connectivity index (χ0n) is 9.10. The molecule has 88 valence electrons. The third-order valence-corrected chi connectivity index (χ3v) is 4.04. The van der Waals surface area contributed by atoms with Crippen LogP contribution in [0.5, 0.6) is 0 Å². The molecule has 2 aromatic rings. The molecular formula is C13H12ClNOS. The summed E-state index contributed by atoms with van der Waals surface area (Å²) < 4.78 is 12.2. The molecule has 0 radical (unpaired) electrons. The van der Waals surface area contributed by atoms with Crippen molar-refractivity contribution in [2.24, 2.45) is 0 Å². The maximum atomic E-state index is 12.2. The molecule has 17 heavy (non-hydrogen) atoms. The quantitative estimate of drug-likeness (QED) is 0.866. The molecule has 0 amide bonds. The second kappa shape index (κ2) is 5.34. The van der Waals surface area contributed by atoms with Gasteiger partial charge < -0.3 is 5.73 Å². The van der Waals surface area contributed by atoms with E-state index in [1.165, 1.54) is 0 Å². The molecule has 0 saturated heterocycles. The van der Waals surface area contributed by atoms with Gasteiger partial charge in [-0.3, -0.25) is 4.21 Å². The van der Waals surface area contributed by atoms with Gasteiger partial charge in [0.05, 0.1) is 21.4 Å². The van der Waals surface area contributed by atoms with E-state index in [9.17, 15) is 4.21 Å². The molecule has 0 aromatic heterocycles. The summed E-state index contributed by atoms with van der Waals surface area (Å²) in [5.41, 5.74) is 7.33. The molecule has 2 aromatic carbocycles. The van der Waals surface area contributed by atoms with Gasteiger partial charge in [-0.05, 0) is 23.8 Å². The Morgan fingerprint density at radius 1 is 1.12 bits per heavy atom. The Balaban J connectivity index is 2.23. The van der Waals surface area contributed by atoms with Crippen molar-refractivity contribution in [2.45, 2.75) is 10.6 Å². The minimum atomic E-state index is -1.17. The van der Waals surface area contributed by atoms with Crippen LogP contribution in [0.1, 0.15) is 5.56 Å². The second-order valence-electron chi connectivity index (χ2n) is 3.66. The molecule has 0 aliphatic carbocycles. The van der Waals surface area contributed by atoms with E-state index in [4.69, 9.17) is 17.3 Å². The van der Waals surface area contributed by atoms with Crippen LogP contribution in [0.2, 0.25) is 5.02 Å². The van der Waals surface area contributed by atoms with Crippen LogP contribution >= 0.6 is 11.6 Å². The highest BCUT2D eigenvalue weighted by molar-refractivity contribution is 7.84. The Labute approximate surface area is 108 Å². The molecule has 4 heteroatoms. The van der Waals surface area contributed by atoms with Gasteiger partial charge in [0.2, 0.25) is 0 Å². The molecule has 2 rings (SSSR count). The second-order valence-corrected chi connectivity index (χ2v) is 5.51. The number of hydrogen-bond donors (Lipinski definition) is 1. The van der Waals surface area contributed by atoms with Gasteiger partial charge in [-0.25, -0.2) is 0 Å². The lowest BCUT2D eigenvalue weighted by Crippen LogP contribution is -2.00. The number of hydrogen-bond acceptors (Lipinski definition) is 2. The zero-order valence-corrected chi connectivity index (χ0v) is 10.7. The summed E-state index contributed by atoms with van der Waals surface area (Å²) >= 11 is 5.87. The minimum Gasteiger partial charge on any atom is -0.398 e. The molecule has 0 fully saturated rings. The van der Waals surface area contributed by atoms with Gasteiger partial charge in [0.1, 0.15) is 0 Å². The lowest BCUT2D eigenvalue weighted by molar-refractivity contribution is 0.683. The lowest BCUT2D eigenvalue weighted by atomic mass is 10.2. The summed E-state index contributed by atoms with van der Waals surface area (Å²) in [6.07, 6.45) is 0. The summed E-state index contributed by atoms with van der Waals surface area (Å²) in [7, 11) is -1.17. The van der Waals surface area contributed by atoms with Crippen molar-refractivity contribution in [3.8, 4) is 0 Å². The Morgan fingerprint density at radius 3 is 2.53 bits per heavy atom. The molecule has 0 heterocycles. The minimum absolute atomic E-state index is 0.450. The first kappa shape index (κ1) is 12.1. The van der Waals surface area contributed by atoms with Crippen molar-refractivity contribution in [1.82, 2.24) is 0 Å². The maximum absolute atomic E-state index is 12.2. The highest BCUT2D eigenvalue weighted by Gasteiger charge is 2.09. The molecule has 2 nitrogen and oxygen atoms in total. The fourth-order valence-electron chi connectivity index (χ4n) is 1.51. The van der Waals surface area contributed by atoms with E-state index >= 15 is 0 Å². The average molecular weight is 266 g/mol. The van der Waals surface area contributed by atoms with Crippen molar-refractivity contribution < 1.29 is 4.21 Å². The Bertz CT molecular complexity index is 542. The smallest absolute Gasteiger partial charge is 0.0635 e. The third-order valence-electron chi connectivity index (χ3n) is 2.36. The number of benzene rings is 2. The molecule has 2 N–H and O–H groups in total. The fraction of sp³-hybridized carbons (Fsp3) is 0.0769. The van der Waals surface area contributed by atoms with E-state index in [0.29, 0.717) is 21.4 Å². The van der Waals surface area contributed by atoms with Crippen molar-refractivity contribution >= 4 is 28.1 Å². The molecule has 0 bridgehead atoms. The van der Waals surface area contributed by atoms with Crippen LogP contribution in [-0.2, 0) is 16.6 Å². The van der Waals surface area contributed by atoms with E-state index < -0.39 is 10.8 Å². The van der Waals surface area contributed by atoms with E-state index in [-0.39, 0.29) is 0 Å². The molecule has 0 saturated carbocycles. The summed E-state index contributed by atoms with van der Waals surface area (Å²) in [6, 6.07) is 14.7. The Morgan fingerprint density at radius 2 is 1.82 bits per heavy atom. The SMILES string of the molecule is Nc1ccc(Cl)cc1S(=O)Cc1ccccc1. The predicted molar refractivity (Wildman–Crippen MR) is 72.4 cm³/mol. The highest BCUT2D eigenvalue weighted by atomic mass is 35.5. The average Bonchev–Trinajstić information content (AvgIpc) is 2.33. The molecule has 1 atom stereocenters. The summed E-state index contributed by atoms with van der Waals surface area (Å²) in [6.45, 7) is 0. The van der Waals surface area contributed by atoms with Gasteiger partial charge in [-0.15, -0.1) is 0 Å². The zero-order chi connectivity index (χ0) is 12.3. The van der Waals surface area contributed by atoms with Crippen molar-refractivity contribution in [3.63, 3.8) is 0 Å². The van der Waals surface area contributed by atoms with Gasteiger partial charge in [0, 0.05) is 10.7 Å². The molecule has 0 aliphatic heterocycles. The van der Waals surface area contributed by atoms with Crippen LogP contribution < -0.4 is 5.73 Å². The molecular weight excluding hydrogens is 254 g/mol. The largest absolute Gasteiger partial charge is 0.398 e. The van der Waals surface area contributed by atoms with Gasteiger partial charge in [0.25, 0.3) is 0 Å². The van der Waals surface area contributed by atoms with Crippen LogP contribution in [0, 0.1) is 0 Å².